The molecule has 1 N–H and O–H groups in total. The zero-order valence-corrected chi connectivity index (χ0v) is 13.5. The quantitative estimate of drug-likeness (QED) is 0.815. The van der Waals surface area contributed by atoms with E-state index >= 15 is 0 Å². The van der Waals surface area contributed by atoms with Crippen molar-refractivity contribution in [2.24, 2.45) is 0 Å². The highest BCUT2D eigenvalue weighted by atomic mass is 32.1. The average Bonchev–Trinajstić information content (AvgIpc) is 2.78. The lowest BCUT2D eigenvalue weighted by atomic mass is 10.0. The first-order valence-electron chi connectivity index (χ1n) is 7.42. The van der Waals surface area contributed by atoms with Crippen LogP contribution in [0.3, 0.4) is 0 Å². The van der Waals surface area contributed by atoms with E-state index in [0.717, 1.165) is 19.4 Å². The number of rotatable bonds is 7. The van der Waals surface area contributed by atoms with Crippen molar-refractivity contribution in [2.75, 3.05) is 6.54 Å². The summed E-state index contributed by atoms with van der Waals surface area (Å²) < 4.78 is 0. The number of hydrogen-bond donors (Lipinski definition) is 1. The van der Waals surface area contributed by atoms with E-state index in [1.165, 1.54) is 27.6 Å². The Kier molecular flexibility index (Phi) is 5.74. The maximum Gasteiger partial charge on any atom is 0.0930 e. The summed E-state index contributed by atoms with van der Waals surface area (Å²) in [6.45, 7) is 7.43. The molecule has 2 rings (SSSR count). The molecule has 2 nitrogen and oxygen atoms in total. The van der Waals surface area contributed by atoms with Crippen LogP contribution in [0.25, 0.3) is 0 Å². The van der Waals surface area contributed by atoms with Gasteiger partial charge in [-0.15, -0.1) is 11.3 Å². The van der Waals surface area contributed by atoms with Crippen molar-refractivity contribution >= 4 is 11.3 Å². The number of nitrogens with zero attached hydrogens (tertiary/aromatic N) is 1. The van der Waals surface area contributed by atoms with E-state index in [4.69, 9.17) is 0 Å². The van der Waals surface area contributed by atoms with Gasteiger partial charge in [-0.2, -0.15) is 0 Å². The van der Waals surface area contributed by atoms with Gasteiger partial charge in [0.2, 0.25) is 0 Å². The Labute approximate surface area is 126 Å². The van der Waals surface area contributed by atoms with Crippen LogP contribution in [-0.4, -0.2) is 11.5 Å². The van der Waals surface area contributed by atoms with Crippen LogP contribution < -0.4 is 5.32 Å². The summed E-state index contributed by atoms with van der Waals surface area (Å²) in [5, 5.41) is 4.87. The van der Waals surface area contributed by atoms with E-state index in [0.29, 0.717) is 6.04 Å². The fourth-order valence-corrected chi connectivity index (χ4v) is 3.40. The van der Waals surface area contributed by atoms with Gasteiger partial charge in [0.05, 0.1) is 10.7 Å². The SMILES string of the molecule is CCNC(CCCc1nc(C)c(C)s1)c1ccccc1. The standard InChI is InChI=1S/C17H24N2S/c1-4-18-16(15-9-6-5-7-10-15)11-8-12-17-19-13(2)14(3)20-17/h5-7,9-10,16,18H,4,8,11-12H2,1-3H3. The van der Waals surface area contributed by atoms with Crippen molar-refractivity contribution in [1.82, 2.24) is 10.3 Å². The third kappa shape index (κ3) is 4.15. The average molecular weight is 288 g/mol. The van der Waals surface area contributed by atoms with Crippen LogP contribution in [0.1, 0.15) is 46.9 Å². The van der Waals surface area contributed by atoms with E-state index in [-0.39, 0.29) is 0 Å². The minimum absolute atomic E-state index is 0.461. The molecule has 108 valence electrons. The van der Waals surface area contributed by atoms with Gasteiger partial charge in [-0.25, -0.2) is 4.98 Å². The molecule has 0 saturated heterocycles. The lowest BCUT2D eigenvalue weighted by molar-refractivity contribution is 0.498. The van der Waals surface area contributed by atoms with E-state index < -0.39 is 0 Å². The molecule has 2 aromatic rings. The second-order valence-electron chi connectivity index (χ2n) is 5.16. The summed E-state index contributed by atoms with van der Waals surface area (Å²) in [6, 6.07) is 11.2. The number of aromatic nitrogens is 1. The largest absolute Gasteiger partial charge is 0.310 e. The van der Waals surface area contributed by atoms with Gasteiger partial charge >= 0.3 is 0 Å². The predicted molar refractivity (Wildman–Crippen MR) is 87.4 cm³/mol. The number of nitrogens with one attached hydrogen (secondary N) is 1. The van der Waals surface area contributed by atoms with Gasteiger partial charge in [-0.3, -0.25) is 0 Å². The Balaban J connectivity index is 1.89. The van der Waals surface area contributed by atoms with Crippen molar-refractivity contribution in [3.05, 3.63) is 51.5 Å². The Morgan fingerprint density at radius 2 is 1.95 bits per heavy atom. The molecule has 0 bridgehead atoms. The highest BCUT2D eigenvalue weighted by Crippen LogP contribution is 2.22. The molecule has 0 radical (unpaired) electrons. The van der Waals surface area contributed by atoms with Crippen molar-refractivity contribution in [2.45, 2.75) is 46.1 Å². The topological polar surface area (TPSA) is 24.9 Å². The molecule has 20 heavy (non-hydrogen) atoms. The normalized spacial score (nSPS) is 12.6. The lowest BCUT2D eigenvalue weighted by Gasteiger charge is -2.18. The molecule has 1 aromatic heterocycles. The van der Waals surface area contributed by atoms with Crippen LogP contribution in [0, 0.1) is 13.8 Å². The third-order valence-electron chi connectivity index (χ3n) is 3.61. The van der Waals surface area contributed by atoms with Gasteiger partial charge in [0, 0.05) is 10.9 Å². The maximum atomic E-state index is 4.62. The number of aryl methyl sites for hydroxylation is 3. The van der Waals surface area contributed by atoms with Gasteiger partial charge in [0.15, 0.2) is 0 Å². The lowest BCUT2D eigenvalue weighted by Crippen LogP contribution is -2.20. The van der Waals surface area contributed by atoms with E-state index in [9.17, 15) is 0 Å². The summed E-state index contributed by atoms with van der Waals surface area (Å²) >= 11 is 1.84. The predicted octanol–water partition coefficient (Wildman–Crippen LogP) is 4.43. The summed E-state index contributed by atoms with van der Waals surface area (Å²) in [7, 11) is 0. The highest BCUT2D eigenvalue weighted by molar-refractivity contribution is 7.11. The molecule has 0 saturated carbocycles. The number of thiazole rings is 1. The van der Waals surface area contributed by atoms with Crippen molar-refractivity contribution in [1.29, 1.82) is 0 Å². The molecular formula is C17H24N2S. The van der Waals surface area contributed by atoms with Crippen molar-refractivity contribution in [3.8, 4) is 0 Å². The van der Waals surface area contributed by atoms with E-state index in [1.807, 2.05) is 11.3 Å². The molecule has 0 amide bonds. The van der Waals surface area contributed by atoms with E-state index in [2.05, 4.69) is 61.4 Å². The van der Waals surface area contributed by atoms with Crippen LogP contribution in [0.2, 0.25) is 0 Å². The molecular weight excluding hydrogens is 264 g/mol. The first kappa shape index (κ1) is 15.2. The Morgan fingerprint density at radius 3 is 2.55 bits per heavy atom. The van der Waals surface area contributed by atoms with Crippen LogP contribution >= 0.6 is 11.3 Å². The van der Waals surface area contributed by atoms with E-state index in [1.54, 1.807) is 0 Å². The number of hydrogen-bond acceptors (Lipinski definition) is 3. The first-order valence-corrected chi connectivity index (χ1v) is 8.23. The van der Waals surface area contributed by atoms with Gasteiger partial charge in [0.25, 0.3) is 0 Å². The fourth-order valence-electron chi connectivity index (χ4n) is 2.42. The minimum Gasteiger partial charge on any atom is -0.310 e. The minimum atomic E-state index is 0.461. The zero-order valence-electron chi connectivity index (χ0n) is 12.6. The number of benzene rings is 1. The smallest absolute Gasteiger partial charge is 0.0930 e. The van der Waals surface area contributed by atoms with Gasteiger partial charge < -0.3 is 5.32 Å². The molecule has 0 aliphatic heterocycles. The highest BCUT2D eigenvalue weighted by Gasteiger charge is 2.10. The molecule has 0 aliphatic rings. The fraction of sp³-hybridized carbons (Fsp3) is 0.471. The molecule has 0 fully saturated rings. The van der Waals surface area contributed by atoms with Crippen LogP contribution in [0.15, 0.2) is 30.3 Å². The summed E-state index contributed by atoms with van der Waals surface area (Å²) in [6.07, 6.45) is 3.43. The second-order valence-corrected chi connectivity index (χ2v) is 6.45. The summed E-state index contributed by atoms with van der Waals surface area (Å²) in [5.74, 6) is 0. The Hall–Kier alpha value is -1.19. The zero-order chi connectivity index (χ0) is 14.4. The second kappa shape index (κ2) is 7.55. The molecule has 1 atom stereocenters. The van der Waals surface area contributed by atoms with Crippen LogP contribution in [-0.2, 0) is 6.42 Å². The molecule has 1 aromatic carbocycles. The monoisotopic (exact) mass is 288 g/mol. The Bertz CT molecular complexity index is 500. The summed E-state index contributed by atoms with van der Waals surface area (Å²) in [4.78, 5) is 5.98. The third-order valence-corrected chi connectivity index (χ3v) is 4.74. The van der Waals surface area contributed by atoms with Crippen molar-refractivity contribution < 1.29 is 0 Å². The molecule has 3 heteroatoms. The molecule has 0 aliphatic carbocycles. The molecule has 1 unspecified atom stereocenters. The van der Waals surface area contributed by atoms with Gasteiger partial charge in [0.1, 0.15) is 0 Å². The van der Waals surface area contributed by atoms with Gasteiger partial charge in [-0.1, -0.05) is 37.3 Å². The van der Waals surface area contributed by atoms with Crippen LogP contribution in [0.4, 0.5) is 0 Å². The summed E-state index contributed by atoms with van der Waals surface area (Å²) in [5.41, 5.74) is 2.58. The van der Waals surface area contributed by atoms with Gasteiger partial charge in [-0.05, 0) is 45.2 Å². The Morgan fingerprint density at radius 1 is 1.20 bits per heavy atom. The maximum absolute atomic E-state index is 4.62. The first-order chi connectivity index (χ1) is 9.70. The molecule has 0 spiro atoms. The molecule has 1 heterocycles. The van der Waals surface area contributed by atoms with Crippen LogP contribution in [0.5, 0.6) is 0 Å². The van der Waals surface area contributed by atoms with Crippen molar-refractivity contribution in [3.63, 3.8) is 0 Å².